The summed E-state index contributed by atoms with van der Waals surface area (Å²) < 4.78 is 11.6. The van der Waals surface area contributed by atoms with E-state index in [1.165, 1.54) is 22.3 Å². The largest absolute Gasteiger partial charge is 0.491 e. The Hall–Kier alpha value is -2.58. The Morgan fingerprint density at radius 2 is 1.52 bits per heavy atom. The van der Waals surface area contributed by atoms with E-state index >= 15 is 0 Å². The summed E-state index contributed by atoms with van der Waals surface area (Å²) >= 11 is 0. The maximum Gasteiger partial charge on any atom is 0.119 e. The predicted molar refractivity (Wildman–Crippen MR) is 112 cm³/mol. The Balaban J connectivity index is 1.42. The summed E-state index contributed by atoms with van der Waals surface area (Å²) in [5.41, 5.74) is 5.01. The molecule has 2 heteroatoms. The lowest BCUT2D eigenvalue weighted by Crippen LogP contribution is -2.07. The van der Waals surface area contributed by atoms with Crippen molar-refractivity contribution < 1.29 is 9.47 Å². The van der Waals surface area contributed by atoms with Crippen LogP contribution in [0.4, 0.5) is 0 Å². The molecule has 1 atom stereocenters. The van der Waals surface area contributed by atoms with Gasteiger partial charge in [0.2, 0.25) is 0 Å². The van der Waals surface area contributed by atoms with Crippen LogP contribution in [0.3, 0.4) is 0 Å². The van der Waals surface area contributed by atoms with E-state index in [4.69, 9.17) is 9.47 Å². The number of hydrogen-bond acceptors (Lipinski definition) is 2. The molecule has 0 N–H and O–H groups in total. The lowest BCUT2D eigenvalue weighted by atomic mass is 9.97. The molecule has 0 fully saturated rings. The van der Waals surface area contributed by atoms with Crippen molar-refractivity contribution in [3.05, 3.63) is 90.0 Å². The average molecular weight is 360 g/mol. The van der Waals surface area contributed by atoms with Gasteiger partial charge in [0.15, 0.2) is 0 Å². The minimum Gasteiger partial charge on any atom is -0.491 e. The number of ether oxygens (including phenoxy) is 2. The van der Waals surface area contributed by atoms with Crippen LogP contribution in [0, 0.1) is 0 Å². The van der Waals surface area contributed by atoms with Crippen molar-refractivity contribution in [1.82, 2.24) is 0 Å². The first-order valence-corrected chi connectivity index (χ1v) is 9.71. The van der Waals surface area contributed by atoms with Gasteiger partial charge in [0.25, 0.3) is 0 Å². The zero-order chi connectivity index (χ0) is 18.9. The summed E-state index contributed by atoms with van der Waals surface area (Å²) in [5, 5.41) is 0. The second-order valence-corrected chi connectivity index (χ2v) is 6.85. The van der Waals surface area contributed by atoms with Crippen LogP contribution in [0.1, 0.15) is 37.3 Å². The molecule has 0 aromatic heterocycles. The zero-order valence-electron chi connectivity index (χ0n) is 16.2. The Labute approximate surface area is 162 Å². The second kappa shape index (κ2) is 9.94. The topological polar surface area (TPSA) is 18.5 Å². The SMILES string of the molecule is CCC(C)c1cccc(COCCOc2ccc(-c3ccccc3)cc2)c1. The van der Waals surface area contributed by atoms with Gasteiger partial charge in [0.1, 0.15) is 12.4 Å². The molecule has 3 aromatic carbocycles. The minimum absolute atomic E-state index is 0.551. The molecule has 0 radical (unpaired) electrons. The van der Waals surface area contributed by atoms with Gasteiger partial charge in [-0.3, -0.25) is 0 Å². The normalized spacial score (nSPS) is 11.9. The van der Waals surface area contributed by atoms with Crippen molar-refractivity contribution in [2.75, 3.05) is 13.2 Å². The highest BCUT2D eigenvalue weighted by molar-refractivity contribution is 5.63. The molecule has 3 aromatic rings. The van der Waals surface area contributed by atoms with Gasteiger partial charge in [-0.05, 0) is 46.7 Å². The van der Waals surface area contributed by atoms with Crippen molar-refractivity contribution >= 4 is 0 Å². The Kier molecular flexibility index (Phi) is 7.06. The fourth-order valence-corrected chi connectivity index (χ4v) is 3.01. The molecule has 0 bridgehead atoms. The van der Waals surface area contributed by atoms with Gasteiger partial charge in [-0.1, -0.05) is 80.6 Å². The van der Waals surface area contributed by atoms with Gasteiger partial charge in [-0.25, -0.2) is 0 Å². The minimum atomic E-state index is 0.551. The molecular formula is C25H28O2. The van der Waals surface area contributed by atoms with E-state index < -0.39 is 0 Å². The van der Waals surface area contributed by atoms with Crippen LogP contribution in [0.2, 0.25) is 0 Å². The van der Waals surface area contributed by atoms with E-state index in [0.29, 0.717) is 25.7 Å². The fourth-order valence-electron chi connectivity index (χ4n) is 3.01. The van der Waals surface area contributed by atoms with Crippen molar-refractivity contribution in [3.8, 4) is 16.9 Å². The third-order valence-corrected chi connectivity index (χ3v) is 4.86. The molecule has 0 amide bonds. The number of benzene rings is 3. The highest BCUT2D eigenvalue weighted by atomic mass is 16.5. The van der Waals surface area contributed by atoms with Gasteiger partial charge in [-0.2, -0.15) is 0 Å². The summed E-state index contributed by atoms with van der Waals surface area (Å²) in [6, 6.07) is 27.2. The number of rotatable bonds is 9. The second-order valence-electron chi connectivity index (χ2n) is 6.85. The maximum atomic E-state index is 5.79. The molecule has 0 saturated heterocycles. The summed E-state index contributed by atoms with van der Waals surface area (Å²) in [4.78, 5) is 0. The zero-order valence-corrected chi connectivity index (χ0v) is 16.2. The molecular weight excluding hydrogens is 332 g/mol. The lowest BCUT2D eigenvalue weighted by Gasteiger charge is -2.11. The summed E-state index contributed by atoms with van der Waals surface area (Å²) in [5.74, 6) is 1.46. The van der Waals surface area contributed by atoms with Gasteiger partial charge in [0, 0.05) is 0 Å². The van der Waals surface area contributed by atoms with Crippen molar-refractivity contribution in [2.24, 2.45) is 0 Å². The Morgan fingerprint density at radius 1 is 0.778 bits per heavy atom. The van der Waals surface area contributed by atoms with E-state index in [9.17, 15) is 0 Å². The Bertz CT molecular complexity index is 809. The molecule has 3 rings (SSSR count). The fraction of sp³-hybridized carbons (Fsp3) is 0.280. The maximum absolute atomic E-state index is 5.79. The monoisotopic (exact) mass is 360 g/mol. The smallest absolute Gasteiger partial charge is 0.119 e. The molecule has 0 aliphatic heterocycles. The molecule has 0 saturated carbocycles. The van der Waals surface area contributed by atoms with Crippen molar-refractivity contribution in [2.45, 2.75) is 32.8 Å². The number of hydrogen-bond donors (Lipinski definition) is 0. The highest BCUT2D eigenvalue weighted by Crippen LogP contribution is 2.22. The van der Waals surface area contributed by atoms with Gasteiger partial charge >= 0.3 is 0 Å². The van der Waals surface area contributed by atoms with Crippen molar-refractivity contribution in [3.63, 3.8) is 0 Å². The summed E-state index contributed by atoms with van der Waals surface area (Å²) in [6.07, 6.45) is 1.15. The van der Waals surface area contributed by atoms with Gasteiger partial charge in [0.05, 0.1) is 13.2 Å². The van der Waals surface area contributed by atoms with Crippen LogP contribution < -0.4 is 4.74 Å². The van der Waals surface area contributed by atoms with Crippen molar-refractivity contribution in [1.29, 1.82) is 0 Å². The summed E-state index contributed by atoms with van der Waals surface area (Å²) in [6.45, 7) is 6.23. The molecule has 2 nitrogen and oxygen atoms in total. The van der Waals surface area contributed by atoms with E-state index in [2.05, 4.69) is 74.5 Å². The summed E-state index contributed by atoms with van der Waals surface area (Å²) in [7, 11) is 0. The van der Waals surface area contributed by atoms with Crippen LogP contribution in [0.15, 0.2) is 78.9 Å². The quantitative estimate of drug-likeness (QED) is 0.408. The molecule has 0 heterocycles. The molecule has 0 aliphatic carbocycles. The van der Waals surface area contributed by atoms with Crippen LogP contribution in [-0.2, 0) is 11.3 Å². The highest BCUT2D eigenvalue weighted by Gasteiger charge is 2.04. The van der Waals surface area contributed by atoms with Gasteiger partial charge in [-0.15, -0.1) is 0 Å². The average Bonchev–Trinajstić information content (AvgIpc) is 2.74. The van der Waals surface area contributed by atoms with E-state index in [-0.39, 0.29) is 0 Å². The molecule has 1 unspecified atom stereocenters. The van der Waals surface area contributed by atoms with Crippen LogP contribution >= 0.6 is 0 Å². The van der Waals surface area contributed by atoms with Crippen LogP contribution in [0.5, 0.6) is 5.75 Å². The first kappa shape index (κ1) is 19.2. The van der Waals surface area contributed by atoms with E-state index in [0.717, 1.165) is 12.2 Å². The Morgan fingerprint density at radius 3 is 2.26 bits per heavy atom. The van der Waals surface area contributed by atoms with E-state index in [1.54, 1.807) is 0 Å². The molecule has 0 aliphatic rings. The predicted octanol–water partition coefficient (Wildman–Crippen LogP) is 6.46. The molecule has 140 valence electrons. The molecule has 27 heavy (non-hydrogen) atoms. The van der Waals surface area contributed by atoms with Crippen LogP contribution in [0.25, 0.3) is 11.1 Å². The van der Waals surface area contributed by atoms with E-state index in [1.807, 2.05) is 18.2 Å². The lowest BCUT2D eigenvalue weighted by molar-refractivity contribution is 0.0889. The van der Waals surface area contributed by atoms with Gasteiger partial charge < -0.3 is 9.47 Å². The molecule has 0 spiro atoms. The third kappa shape index (κ3) is 5.70. The third-order valence-electron chi connectivity index (χ3n) is 4.86. The first-order chi connectivity index (χ1) is 13.3. The first-order valence-electron chi connectivity index (χ1n) is 9.71. The standard InChI is InChI=1S/C25H28O2/c1-3-20(2)24-11-7-8-21(18-24)19-26-16-17-27-25-14-12-23(13-15-25)22-9-5-4-6-10-22/h4-15,18,20H,3,16-17,19H2,1-2H3. The van der Waals surface area contributed by atoms with Crippen LogP contribution in [-0.4, -0.2) is 13.2 Å².